The number of nitrogens with zero attached hydrogens (tertiary/aromatic N) is 3. The standard InChI is InChI=1S/C23H31N5O/c1-3-21(19-7-5-4-6-8-19)27-13-15-28(16-14-27)23(25-2)26-17-18-9-11-20(12-10-18)22(24)29/h4-12,21H,3,13-17H2,1-2H3,(H2,24,29)(H,25,26). The van der Waals surface area contributed by atoms with Crippen molar-refractivity contribution in [2.24, 2.45) is 10.7 Å². The average molecular weight is 394 g/mol. The van der Waals surface area contributed by atoms with E-state index in [9.17, 15) is 4.79 Å². The Balaban J connectivity index is 1.54. The van der Waals surface area contributed by atoms with E-state index in [-0.39, 0.29) is 0 Å². The SMILES string of the molecule is CCC(c1ccccc1)N1CCN(C(=NC)NCc2ccc(C(N)=O)cc2)CC1. The minimum absolute atomic E-state index is 0.404. The van der Waals surface area contributed by atoms with Gasteiger partial charge in [0.15, 0.2) is 5.96 Å². The first-order valence-electron chi connectivity index (χ1n) is 10.3. The highest BCUT2D eigenvalue weighted by atomic mass is 16.1. The van der Waals surface area contributed by atoms with Crippen LogP contribution >= 0.6 is 0 Å². The highest BCUT2D eigenvalue weighted by Crippen LogP contribution is 2.25. The van der Waals surface area contributed by atoms with Gasteiger partial charge in [-0.2, -0.15) is 0 Å². The van der Waals surface area contributed by atoms with Crippen molar-refractivity contribution in [2.45, 2.75) is 25.9 Å². The number of carbonyl (C=O) groups is 1. The monoisotopic (exact) mass is 393 g/mol. The van der Waals surface area contributed by atoms with Crippen LogP contribution in [-0.2, 0) is 6.54 Å². The number of nitrogens with two attached hydrogens (primary N) is 1. The van der Waals surface area contributed by atoms with Gasteiger partial charge in [-0.05, 0) is 29.7 Å². The summed E-state index contributed by atoms with van der Waals surface area (Å²) in [5.74, 6) is 0.510. The number of benzene rings is 2. The zero-order chi connectivity index (χ0) is 20.6. The molecule has 0 bridgehead atoms. The van der Waals surface area contributed by atoms with Crippen LogP contribution in [0.4, 0.5) is 0 Å². The fourth-order valence-electron chi connectivity index (χ4n) is 3.93. The number of primary amides is 1. The summed E-state index contributed by atoms with van der Waals surface area (Å²) in [6.07, 6.45) is 1.11. The van der Waals surface area contributed by atoms with Crippen molar-refractivity contribution in [2.75, 3.05) is 33.2 Å². The number of nitrogens with one attached hydrogen (secondary N) is 1. The predicted octanol–water partition coefficient (Wildman–Crippen LogP) is 2.63. The summed E-state index contributed by atoms with van der Waals surface area (Å²) in [4.78, 5) is 20.5. The van der Waals surface area contributed by atoms with Crippen LogP contribution in [0.3, 0.4) is 0 Å². The normalized spacial score (nSPS) is 16.5. The summed E-state index contributed by atoms with van der Waals surface area (Å²) in [5.41, 5.74) is 8.31. The molecule has 1 heterocycles. The molecule has 2 aromatic carbocycles. The molecule has 0 radical (unpaired) electrons. The summed E-state index contributed by atoms with van der Waals surface area (Å²) in [5, 5.41) is 3.44. The number of piperazine rings is 1. The van der Waals surface area contributed by atoms with Gasteiger partial charge in [0.05, 0.1) is 0 Å². The molecule has 3 N–H and O–H groups in total. The van der Waals surface area contributed by atoms with E-state index in [1.807, 2.05) is 19.2 Å². The minimum atomic E-state index is -0.404. The van der Waals surface area contributed by atoms with E-state index in [2.05, 4.69) is 57.4 Å². The van der Waals surface area contributed by atoms with E-state index in [4.69, 9.17) is 5.73 Å². The average Bonchev–Trinajstić information content (AvgIpc) is 2.77. The molecule has 1 aliphatic rings. The first-order chi connectivity index (χ1) is 14.1. The third kappa shape index (κ3) is 5.35. The number of aliphatic imine (C=N–C) groups is 1. The van der Waals surface area contributed by atoms with Crippen molar-refractivity contribution in [1.82, 2.24) is 15.1 Å². The topological polar surface area (TPSA) is 74.0 Å². The predicted molar refractivity (Wildman–Crippen MR) is 118 cm³/mol. The van der Waals surface area contributed by atoms with Gasteiger partial charge in [-0.15, -0.1) is 0 Å². The molecule has 1 saturated heterocycles. The molecular formula is C23H31N5O. The van der Waals surface area contributed by atoms with Gasteiger partial charge in [0.1, 0.15) is 0 Å². The Morgan fingerprint density at radius 3 is 2.28 bits per heavy atom. The van der Waals surface area contributed by atoms with Gasteiger partial charge in [-0.25, -0.2) is 0 Å². The second-order valence-corrected chi connectivity index (χ2v) is 7.32. The van der Waals surface area contributed by atoms with Gasteiger partial charge in [0, 0.05) is 51.4 Å². The van der Waals surface area contributed by atoms with E-state index in [1.54, 1.807) is 12.1 Å². The zero-order valence-electron chi connectivity index (χ0n) is 17.3. The molecule has 3 rings (SSSR count). The second kappa shape index (κ2) is 10.1. The maximum absolute atomic E-state index is 11.2. The van der Waals surface area contributed by atoms with Gasteiger partial charge in [0.25, 0.3) is 0 Å². The summed E-state index contributed by atoms with van der Waals surface area (Å²) in [6.45, 7) is 6.84. The van der Waals surface area contributed by atoms with Crippen LogP contribution in [0.15, 0.2) is 59.6 Å². The highest BCUT2D eigenvalue weighted by Gasteiger charge is 2.25. The molecular weight excluding hydrogens is 362 g/mol. The summed E-state index contributed by atoms with van der Waals surface area (Å²) < 4.78 is 0. The van der Waals surface area contributed by atoms with Crippen LogP contribution in [-0.4, -0.2) is 54.9 Å². The third-order valence-electron chi connectivity index (χ3n) is 5.53. The minimum Gasteiger partial charge on any atom is -0.366 e. The summed E-state index contributed by atoms with van der Waals surface area (Å²) in [7, 11) is 1.82. The van der Waals surface area contributed by atoms with Crippen molar-refractivity contribution < 1.29 is 4.79 Å². The first-order valence-corrected chi connectivity index (χ1v) is 10.3. The van der Waals surface area contributed by atoms with Crippen molar-refractivity contribution in [3.05, 3.63) is 71.3 Å². The lowest BCUT2D eigenvalue weighted by Crippen LogP contribution is -2.52. The number of hydrogen-bond acceptors (Lipinski definition) is 3. The Labute approximate surface area is 173 Å². The largest absolute Gasteiger partial charge is 0.366 e. The molecule has 29 heavy (non-hydrogen) atoms. The van der Waals surface area contributed by atoms with E-state index in [0.29, 0.717) is 18.2 Å². The van der Waals surface area contributed by atoms with Gasteiger partial charge >= 0.3 is 0 Å². The molecule has 1 aliphatic heterocycles. The number of carbonyl (C=O) groups excluding carboxylic acids is 1. The Morgan fingerprint density at radius 1 is 1.07 bits per heavy atom. The Morgan fingerprint density at radius 2 is 1.72 bits per heavy atom. The third-order valence-corrected chi connectivity index (χ3v) is 5.53. The maximum atomic E-state index is 11.2. The second-order valence-electron chi connectivity index (χ2n) is 7.32. The van der Waals surface area contributed by atoms with Gasteiger partial charge in [-0.3, -0.25) is 14.7 Å². The molecule has 6 heteroatoms. The van der Waals surface area contributed by atoms with Gasteiger partial charge in [0.2, 0.25) is 5.91 Å². The molecule has 6 nitrogen and oxygen atoms in total. The van der Waals surface area contributed by atoms with Crippen LogP contribution in [0.5, 0.6) is 0 Å². The Kier molecular flexibility index (Phi) is 7.25. The lowest BCUT2D eigenvalue weighted by atomic mass is 10.0. The first kappa shape index (κ1) is 20.9. The molecule has 0 aromatic heterocycles. The smallest absolute Gasteiger partial charge is 0.248 e. The number of rotatable bonds is 6. The van der Waals surface area contributed by atoms with Gasteiger partial charge < -0.3 is 16.0 Å². The van der Waals surface area contributed by atoms with Crippen molar-refractivity contribution >= 4 is 11.9 Å². The number of hydrogen-bond donors (Lipinski definition) is 2. The molecule has 1 atom stereocenters. The lowest BCUT2D eigenvalue weighted by Gasteiger charge is -2.40. The summed E-state index contributed by atoms with van der Waals surface area (Å²) >= 11 is 0. The molecule has 2 aromatic rings. The Bertz CT molecular complexity index is 811. The number of amides is 1. The molecule has 0 spiro atoms. The van der Waals surface area contributed by atoms with Crippen LogP contribution in [0.25, 0.3) is 0 Å². The maximum Gasteiger partial charge on any atom is 0.248 e. The highest BCUT2D eigenvalue weighted by molar-refractivity contribution is 5.92. The van der Waals surface area contributed by atoms with Crippen molar-refractivity contribution in [3.8, 4) is 0 Å². The summed E-state index contributed by atoms with van der Waals surface area (Å²) in [6, 6.07) is 18.6. The van der Waals surface area contributed by atoms with Crippen LogP contribution in [0, 0.1) is 0 Å². The van der Waals surface area contributed by atoms with E-state index in [1.165, 1.54) is 5.56 Å². The fourth-order valence-corrected chi connectivity index (χ4v) is 3.93. The van der Waals surface area contributed by atoms with E-state index >= 15 is 0 Å². The van der Waals surface area contributed by atoms with E-state index in [0.717, 1.165) is 44.1 Å². The zero-order valence-corrected chi connectivity index (χ0v) is 17.3. The molecule has 0 saturated carbocycles. The molecule has 1 unspecified atom stereocenters. The quantitative estimate of drug-likeness (QED) is 0.584. The molecule has 1 amide bonds. The van der Waals surface area contributed by atoms with Crippen LogP contribution in [0.2, 0.25) is 0 Å². The molecule has 154 valence electrons. The Hall–Kier alpha value is -2.86. The van der Waals surface area contributed by atoms with Gasteiger partial charge in [-0.1, -0.05) is 49.4 Å². The van der Waals surface area contributed by atoms with E-state index < -0.39 is 5.91 Å². The van der Waals surface area contributed by atoms with Crippen molar-refractivity contribution in [3.63, 3.8) is 0 Å². The lowest BCUT2D eigenvalue weighted by molar-refractivity contribution is 0.100. The van der Waals surface area contributed by atoms with Crippen LogP contribution in [0.1, 0.15) is 40.9 Å². The molecule has 1 fully saturated rings. The number of guanidine groups is 1. The molecule has 0 aliphatic carbocycles. The fraction of sp³-hybridized carbons (Fsp3) is 0.391. The van der Waals surface area contributed by atoms with Crippen molar-refractivity contribution in [1.29, 1.82) is 0 Å². The van der Waals surface area contributed by atoms with Crippen LogP contribution < -0.4 is 11.1 Å².